The van der Waals surface area contributed by atoms with Crippen molar-refractivity contribution in [1.29, 1.82) is 0 Å². The normalized spacial score (nSPS) is 10.9. The lowest BCUT2D eigenvalue weighted by Crippen LogP contribution is -2.06. The van der Waals surface area contributed by atoms with Crippen molar-refractivity contribution in [3.8, 4) is 17.0 Å². The van der Waals surface area contributed by atoms with Crippen LogP contribution in [0.4, 0.5) is 0 Å². The standard InChI is InChI=1S/C23H16ClNO2/c24-17-10-11-22(26)16(12-17)13-23(27)19-14-21(15-6-2-1-3-7-15)25-20-9-5-4-8-18(19)20/h1-12,14,26H,13H2. The molecule has 1 N–H and O–H groups in total. The van der Waals surface area contributed by atoms with Crippen molar-refractivity contribution in [3.05, 3.63) is 95.0 Å². The molecule has 0 amide bonds. The van der Waals surface area contributed by atoms with Crippen LogP contribution in [0.3, 0.4) is 0 Å². The van der Waals surface area contributed by atoms with Gasteiger partial charge in [0.1, 0.15) is 5.75 Å². The predicted octanol–water partition coefficient (Wildman–Crippen LogP) is 5.69. The van der Waals surface area contributed by atoms with Gasteiger partial charge in [0.25, 0.3) is 0 Å². The highest BCUT2D eigenvalue weighted by atomic mass is 35.5. The SMILES string of the molecule is O=C(Cc1cc(Cl)ccc1O)c1cc(-c2ccccc2)nc2ccccc12. The highest BCUT2D eigenvalue weighted by molar-refractivity contribution is 6.30. The number of ketones is 1. The van der Waals surface area contributed by atoms with Crippen LogP contribution in [0.1, 0.15) is 15.9 Å². The number of benzene rings is 3. The van der Waals surface area contributed by atoms with Crippen molar-refractivity contribution in [1.82, 2.24) is 4.98 Å². The van der Waals surface area contributed by atoms with Crippen LogP contribution in [0, 0.1) is 0 Å². The fraction of sp³-hybridized carbons (Fsp3) is 0.0435. The lowest BCUT2D eigenvalue weighted by atomic mass is 9.97. The van der Waals surface area contributed by atoms with Gasteiger partial charge in [-0.1, -0.05) is 60.1 Å². The first-order valence-corrected chi connectivity index (χ1v) is 8.95. The third-order valence-electron chi connectivity index (χ3n) is 4.48. The number of aromatic nitrogens is 1. The van der Waals surface area contributed by atoms with Gasteiger partial charge in [-0.25, -0.2) is 4.98 Å². The number of pyridine rings is 1. The number of rotatable bonds is 4. The maximum Gasteiger partial charge on any atom is 0.168 e. The topological polar surface area (TPSA) is 50.2 Å². The molecule has 132 valence electrons. The number of carbonyl (C=O) groups is 1. The Morgan fingerprint density at radius 1 is 0.926 bits per heavy atom. The third-order valence-corrected chi connectivity index (χ3v) is 4.71. The molecule has 1 heterocycles. The average Bonchev–Trinajstić information content (AvgIpc) is 2.70. The summed E-state index contributed by atoms with van der Waals surface area (Å²) >= 11 is 6.01. The van der Waals surface area contributed by atoms with E-state index in [1.54, 1.807) is 12.1 Å². The first kappa shape index (κ1) is 17.3. The Balaban J connectivity index is 1.82. The molecule has 27 heavy (non-hydrogen) atoms. The number of para-hydroxylation sites is 1. The lowest BCUT2D eigenvalue weighted by Gasteiger charge is -2.10. The zero-order valence-electron chi connectivity index (χ0n) is 14.4. The van der Waals surface area contributed by atoms with E-state index in [1.807, 2.05) is 60.7 Å². The molecule has 0 aliphatic rings. The van der Waals surface area contributed by atoms with E-state index >= 15 is 0 Å². The Morgan fingerprint density at radius 2 is 1.67 bits per heavy atom. The summed E-state index contributed by atoms with van der Waals surface area (Å²) in [5.74, 6) is -0.0299. The minimum atomic E-state index is -0.0941. The van der Waals surface area contributed by atoms with Crippen LogP contribution in [0.25, 0.3) is 22.2 Å². The Labute approximate surface area is 161 Å². The molecule has 0 fully saturated rings. The van der Waals surface area contributed by atoms with Crippen molar-refractivity contribution in [2.75, 3.05) is 0 Å². The maximum atomic E-state index is 13.1. The van der Waals surface area contributed by atoms with Crippen LogP contribution < -0.4 is 0 Å². The lowest BCUT2D eigenvalue weighted by molar-refractivity contribution is 0.0993. The van der Waals surface area contributed by atoms with Crippen molar-refractivity contribution < 1.29 is 9.90 Å². The number of phenolic OH excluding ortho intramolecular Hbond substituents is 1. The van der Waals surface area contributed by atoms with Gasteiger partial charge >= 0.3 is 0 Å². The molecule has 0 aliphatic carbocycles. The fourth-order valence-corrected chi connectivity index (χ4v) is 3.32. The summed E-state index contributed by atoms with van der Waals surface area (Å²) in [5, 5.41) is 11.3. The van der Waals surface area contributed by atoms with Gasteiger partial charge in [-0.15, -0.1) is 0 Å². The molecular formula is C23H16ClNO2. The molecular weight excluding hydrogens is 358 g/mol. The molecule has 0 radical (unpaired) electrons. The van der Waals surface area contributed by atoms with E-state index in [0.717, 1.165) is 22.2 Å². The van der Waals surface area contributed by atoms with Crippen LogP contribution in [0.5, 0.6) is 5.75 Å². The van der Waals surface area contributed by atoms with Crippen LogP contribution >= 0.6 is 11.6 Å². The van der Waals surface area contributed by atoms with E-state index in [0.29, 0.717) is 16.1 Å². The molecule has 0 unspecified atom stereocenters. The Kier molecular flexibility index (Phi) is 4.61. The predicted molar refractivity (Wildman–Crippen MR) is 108 cm³/mol. The quantitative estimate of drug-likeness (QED) is 0.468. The van der Waals surface area contributed by atoms with Gasteiger partial charge in [0.15, 0.2) is 5.78 Å². The highest BCUT2D eigenvalue weighted by Gasteiger charge is 2.16. The number of nitrogens with zero attached hydrogens (tertiary/aromatic N) is 1. The largest absolute Gasteiger partial charge is 0.508 e. The molecule has 0 aliphatic heterocycles. The summed E-state index contributed by atoms with van der Waals surface area (Å²) < 4.78 is 0. The first-order valence-electron chi connectivity index (χ1n) is 8.57. The summed E-state index contributed by atoms with van der Waals surface area (Å²) in [5.41, 5.74) is 3.54. The molecule has 0 saturated heterocycles. The molecule has 3 nitrogen and oxygen atoms in total. The van der Waals surface area contributed by atoms with Crippen molar-refractivity contribution in [3.63, 3.8) is 0 Å². The highest BCUT2D eigenvalue weighted by Crippen LogP contribution is 2.28. The van der Waals surface area contributed by atoms with Gasteiger partial charge in [-0.05, 0) is 30.3 Å². The number of aromatic hydroxyl groups is 1. The molecule has 0 bridgehead atoms. The van der Waals surface area contributed by atoms with Crippen molar-refractivity contribution in [2.24, 2.45) is 0 Å². The van der Waals surface area contributed by atoms with Crippen molar-refractivity contribution in [2.45, 2.75) is 6.42 Å². The van der Waals surface area contributed by atoms with Gasteiger partial charge in [0, 0.05) is 33.5 Å². The molecule has 3 aromatic carbocycles. The van der Waals surface area contributed by atoms with Crippen LogP contribution in [-0.4, -0.2) is 15.9 Å². The number of halogens is 1. The van der Waals surface area contributed by atoms with E-state index in [4.69, 9.17) is 16.6 Å². The number of carbonyl (C=O) groups excluding carboxylic acids is 1. The number of phenols is 1. The molecule has 4 heteroatoms. The molecule has 0 spiro atoms. The van der Waals surface area contributed by atoms with Gasteiger partial charge in [0.2, 0.25) is 0 Å². The van der Waals surface area contributed by atoms with Gasteiger partial charge < -0.3 is 5.11 Å². The monoisotopic (exact) mass is 373 g/mol. The van der Waals surface area contributed by atoms with E-state index in [9.17, 15) is 9.90 Å². The van der Waals surface area contributed by atoms with E-state index < -0.39 is 0 Å². The smallest absolute Gasteiger partial charge is 0.168 e. The molecule has 4 aromatic rings. The Morgan fingerprint density at radius 3 is 2.48 bits per heavy atom. The second kappa shape index (κ2) is 7.22. The minimum Gasteiger partial charge on any atom is -0.508 e. The maximum absolute atomic E-state index is 13.1. The van der Waals surface area contributed by atoms with Gasteiger partial charge in [-0.3, -0.25) is 4.79 Å². The Bertz CT molecular complexity index is 1140. The summed E-state index contributed by atoms with van der Waals surface area (Å²) in [7, 11) is 0. The number of Topliss-reactive ketones (excluding diaryl/α,β-unsaturated/α-hetero) is 1. The Hall–Kier alpha value is -3.17. The average molecular weight is 374 g/mol. The zero-order valence-corrected chi connectivity index (χ0v) is 15.1. The molecule has 0 saturated carbocycles. The number of hydrogen-bond donors (Lipinski definition) is 1. The molecule has 4 rings (SSSR count). The molecule has 1 aromatic heterocycles. The zero-order chi connectivity index (χ0) is 18.8. The van der Waals surface area contributed by atoms with Gasteiger partial charge in [-0.2, -0.15) is 0 Å². The number of fused-ring (bicyclic) bond motifs is 1. The van der Waals surface area contributed by atoms with Crippen LogP contribution in [0.2, 0.25) is 5.02 Å². The van der Waals surface area contributed by atoms with E-state index in [1.165, 1.54) is 6.07 Å². The second-order valence-corrected chi connectivity index (χ2v) is 6.75. The fourth-order valence-electron chi connectivity index (χ4n) is 3.13. The molecule has 0 atom stereocenters. The summed E-state index contributed by atoms with van der Waals surface area (Å²) in [6.07, 6.45) is 0.0641. The van der Waals surface area contributed by atoms with Crippen LogP contribution in [-0.2, 0) is 6.42 Å². The summed E-state index contributed by atoms with van der Waals surface area (Å²) in [6.45, 7) is 0. The van der Waals surface area contributed by atoms with Crippen LogP contribution in [0.15, 0.2) is 78.9 Å². The third kappa shape index (κ3) is 3.55. The van der Waals surface area contributed by atoms with Gasteiger partial charge in [0.05, 0.1) is 11.2 Å². The second-order valence-electron chi connectivity index (χ2n) is 6.31. The van der Waals surface area contributed by atoms with E-state index in [2.05, 4.69) is 0 Å². The van der Waals surface area contributed by atoms with E-state index in [-0.39, 0.29) is 18.0 Å². The van der Waals surface area contributed by atoms with Crippen molar-refractivity contribution >= 4 is 28.3 Å². The summed E-state index contributed by atoms with van der Waals surface area (Å²) in [6, 6.07) is 23.9. The summed E-state index contributed by atoms with van der Waals surface area (Å²) in [4.78, 5) is 17.8. The number of hydrogen-bond acceptors (Lipinski definition) is 3. The minimum absolute atomic E-state index is 0.0641. The first-order chi connectivity index (χ1) is 13.1.